The molecule has 3 heterocycles. The molecular weight excluding hydrogens is 404 g/mol. The van der Waals surface area contributed by atoms with E-state index in [2.05, 4.69) is 0 Å². The number of benzene rings is 1. The third kappa shape index (κ3) is 3.10. The molecule has 0 unspecified atom stereocenters. The summed E-state index contributed by atoms with van der Waals surface area (Å²) in [5, 5.41) is 12.3. The Bertz CT molecular complexity index is 1300. The summed E-state index contributed by atoms with van der Waals surface area (Å²) in [6.45, 7) is 7.00. The van der Waals surface area contributed by atoms with E-state index in [0.717, 1.165) is 26.4 Å². The molecule has 29 heavy (non-hydrogen) atoms. The Morgan fingerprint density at radius 1 is 1.17 bits per heavy atom. The molecule has 4 aromatic rings. The molecule has 4 rings (SSSR count). The van der Waals surface area contributed by atoms with E-state index >= 15 is 0 Å². The highest BCUT2D eigenvalue weighted by Gasteiger charge is 2.35. The molecule has 1 aromatic carbocycles. The van der Waals surface area contributed by atoms with Crippen LogP contribution < -0.4 is 5.56 Å². The molecule has 0 spiro atoms. The maximum absolute atomic E-state index is 13.8. The lowest BCUT2D eigenvalue weighted by atomic mass is 10.0. The molecule has 0 aliphatic rings. The molecule has 148 valence electrons. The van der Waals surface area contributed by atoms with Gasteiger partial charge in [0.05, 0.1) is 5.39 Å². The van der Waals surface area contributed by atoms with Gasteiger partial charge < -0.3 is 5.11 Å². The highest BCUT2D eigenvalue weighted by molar-refractivity contribution is 7.20. The van der Waals surface area contributed by atoms with E-state index in [-0.39, 0.29) is 5.56 Å². The number of hydrogen-bond donors (Lipinski definition) is 1. The Kier molecular flexibility index (Phi) is 4.67. The average Bonchev–Trinajstić information content (AvgIpc) is 3.28. The molecule has 0 aliphatic carbocycles. The molecular formula is C22H20N2O3S2. The number of nitrogens with zero attached hydrogens (tertiary/aromatic N) is 2. The van der Waals surface area contributed by atoms with Crippen LogP contribution in [0.5, 0.6) is 0 Å². The summed E-state index contributed by atoms with van der Waals surface area (Å²) in [6.07, 6.45) is 0. The molecule has 0 saturated heterocycles. The number of carboxylic acids is 1. The lowest BCUT2D eigenvalue weighted by Gasteiger charge is -2.25. The first-order chi connectivity index (χ1) is 13.7. The molecule has 0 fully saturated rings. The number of fused-ring (bicyclic) bond motifs is 1. The largest absolute Gasteiger partial charge is 0.480 e. The Hall–Kier alpha value is -2.77. The van der Waals surface area contributed by atoms with Crippen LogP contribution in [0.3, 0.4) is 0 Å². The van der Waals surface area contributed by atoms with E-state index in [0.29, 0.717) is 16.0 Å². The summed E-state index contributed by atoms with van der Waals surface area (Å²) < 4.78 is 1.33. The minimum Gasteiger partial charge on any atom is -0.480 e. The smallest absolute Gasteiger partial charge is 0.329 e. The fourth-order valence-electron chi connectivity index (χ4n) is 3.47. The van der Waals surface area contributed by atoms with E-state index in [1.807, 2.05) is 55.6 Å². The van der Waals surface area contributed by atoms with E-state index in [1.165, 1.54) is 29.8 Å². The van der Waals surface area contributed by atoms with Crippen molar-refractivity contribution >= 4 is 38.9 Å². The molecule has 0 atom stereocenters. The highest BCUT2D eigenvalue weighted by atomic mass is 32.1. The van der Waals surface area contributed by atoms with Gasteiger partial charge in [-0.25, -0.2) is 9.78 Å². The third-order valence-corrected chi connectivity index (χ3v) is 6.91. The van der Waals surface area contributed by atoms with Crippen molar-refractivity contribution < 1.29 is 9.90 Å². The minimum atomic E-state index is -1.46. The monoisotopic (exact) mass is 424 g/mol. The number of aromatic nitrogens is 2. The number of carboxylic acid groups (broad SMARTS) is 1. The van der Waals surface area contributed by atoms with Gasteiger partial charge >= 0.3 is 5.97 Å². The molecule has 1 N–H and O–H groups in total. The molecule has 7 heteroatoms. The number of rotatable bonds is 4. The van der Waals surface area contributed by atoms with Crippen molar-refractivity contribution in [2.75, 3.05) is 0 Å². The van der Waals surface area contributed by atoms with Crippen molar-refractivity contribution in [3.8, 4) is 21.8 Å². The van der Waals surface area contributed by atoms with Gasteiger partial charge in [0.2, 0.25) is 0 Å². The number of hydrogen-bond acceptors (Lipinski definition) is 5. The summed E-state index contributed by atoms with van der Waals surface area (Å²) in [7, 11) is 0. The van der Waals surface area contributed by atoms with Crippen molar-refractivity contribution in [2.24, 2.45) is 0 Å². The maximum Gasteiger partial charge on any atom is 0.329 e. The molecule has 0 amide bonds. The fourth-order valence-corrected chi connectivity index (χ4v) is 5.40. The fraction of sp³-hybridized carbons (Fsp3) is 0.227. The van der Waals surface area contributed by atoms with E-state index in [1.54, 1.807) is 11.3 Å². The first-order valence-electron chi connectivity index (χ1n) is 9.12. The van der Waals surface area contributed by atoms with Crippen molar-refractivity contribution in [3.63, 3.8) is 0 Å². The standard InChI is InChI=1S/C22H20N2O3S2/c1-12-7-5-8-14(11-12)18-23-19-17(20(25)24(18)22(3,4)21(26)27)16(13(2)29-19)15-9-6-10-28-15/h5-11H,1-4H3,(H,26,27). The zero-order chi connectivity index (χ0) is 20.9. The van der Waals surface area contributed by atoms with Crippen LogP contribution in [0, 0.1) is 13.8 Å². The third-order valence-electron chi connectivity index (χ3n) is 5.03. The zero-order valence-corrected chi connectivity index (χ0v) is 18.1. The van der Waals surface area contributed by atoms with Gasteiger partial charge in [-0.3, -0.25) is 9.36 Å². The highest BCUT2D eigenvalue weighted by Crippen LogP contribution is 2.39. The van der Waals surface area contributed by atoms with Crippen LogP contribution in [0.1, 0.15) is 24.3 Å². The summed E-state index contributed by atoms with van der Waals surface area (Å²) in [5.41, 5.74) is 0.801. The molecule has 3 aromatic heterocycles. The number of aliphatic carboxylic acids is 1. The summed E-state index contributed by atoms with van der Waals surface area (Å²) in [6, 6.07) is 11.5. The van der Waals surface area contributed by atoms with E-state index in [4.69, 9.17) is 4.98 Å². The predicted molar refractivity (Wildman–Crippen MR) is 119 cm³/mol. The lowest BCUT2D eigenvalue weighted by molar-refractivity contribution is -0.145. The van der Waals surface area contributed by atoms with Gasteiger partial charge in [-0.1, -0.05) is 29.8 Å². The van der Waals surface area contributed by atoms with Crippen molar-refractivity contribution in [1.29, 1.82) is 0 Å². The van der Waals surface area contributed by atoms with Gasteiger partial charge in [-0.05, 0) is 45.2 Å². The molecule has 0 saturated carbocycles. The van der Waals surface area contributed by atoms with Crippen LogP contribution in [0.2, 0.25) is 0 Å². The molecule has 0 aliphatic heterocycles. The summed E-state index contributed by atoms with van der Waals surface area (Å²) >= 11 is 3.02. The molecule has 0 bridgehead atoms. The van der Waals surface area contributed by atoms with Crippen molar-refractivity contribution in [1.82, 2.24) is 9.55 Å². The van der Waals surface area contributed by atoms with Crippen LogP contribution in [-0.4, -0.2) is 20.6 Å². The second-order valence-corrected chi connectivity index (χ2v) is 9.65. The molecule has 0 radical (unpaired) electrons. The van der Waals surface area contributed by atoms with E-state index in [9.17, 15) is 14.7 Å². The van der Waals surface area contributed by atoms with Crippen LogP contribution >= 0.6 is 22.7 Å². The quantitative estimate of drug-likeness (QED) is 0.483. The summed E-state index contributed by atoms with van der Waals surface area (Å²) in [4.78, 5) is 33.3. The van der Waals surface area contributed by atoms with Crippen LogP contribution in [0.4, 0.5) is 0 Å². The Morgan fingerprint density at radius 2 is 1.93 bits per heavy atom. The van der Waals surface area contributed by atoms with Gasteiger partial charge in [0.25, 0.3) is 5.56 Å². The minimum absolute atomic E-state index is 0.327. The van der Waals surface area contributed by atoms with Crippen molar-refractivity contribution in [2.45, 2.75) is 33.2 Å². The number of carbonyl (C=O) groups is 1. The van der Waals surface area contributed by atoms with Crippen molar-refractivity contribution in [3.05, 3.63) is 62.6 Å². The van der Waals surface area contributed by atoms with Gasteiger partial charge in [-0.15, -0.1) is 22.7 Å². The average molecular weight is 425 g/mol. The summed E-state index contributed by atoms with van der Waals surface area (Å²) in [5.74, 6) is -0.711. The van der Waals surface area contributed by atoms with Gasteiger partial charge in [-0.2, -0.15) is 0 Å². The SMILES string of the molecule is Cc1cccc(-c2nc3sc(C)c(-c4cccs4)c3c(=O)n2C(C)(C)C(=O)O)c1. The second-order valence-electron chi connectivity index (χ2n) is 7.50. The topological polar surface area (TPSA) is 72.2 Å². The Labute approximate surface area is 175 Å². The Morgan fingerprint density at radius 3 is 2.55 bits per heavy atom. The lowest BCUT2D eigenvalue weighted by Crippen LogP contribution is -2.44. The van der Waals surface area contributed by atoms with Gasteiger partial charge in [0.15, 0.2) is 0 Å². The predicted octanol–water partition coefficient (Wildman–Crippen LogP) is 5.29. The number of thiophene rings is 2. The first-order valence-corrected chi connectivity index (χ1v) is 10.8. The molecule has 5 nitrogen and oxygen atoms in total. The normalized spacial score (nSPS) is 11.9. The van der Waals surface area contributed by atoms with Crippen LogP contribution in [0.25, 0.3) is 32.0 Å². The zero-order valence-electron chi connectivity index (χ0n) is 16.5. The van der Waals surface area contributed by atoms with E-state index < -0.39 is 11.5 Å². The Balaban J connectivity index is 2.17. The van der Waals surface area contributed by atoms with Gasteiger partial charge in [0, 0.05) is 20.9 Å². The second kappa shape index (κ2) is 6.93. The van der Waals surface area contributed by atoms with Crippen LogP contribution in [0.15, 0.2) is 46.6 Å². The number of aryl methyl sites for hydroxylation is 2. The first kappa shape index (κ1) is 19.5. The van der Waals surface area contributed by atoms with Gasteiger partial charge in [0.1, 0.15) is 16.2 Å². The maximum atomic E-state index is 13.8. The van der Waals surface area contributed by atoms with Crippen LogP contribution in [-0.2, 0) is 10.3 Å².